The molecule has 2 aromatic rings. The van der Waals surface area contributed by atoms with Gasteiger partial charge in [0.15, 0.2) is 6.10 Å². The maximum atomic E-state index is 12.5. The summed E-state index contributed by atoms with van der Waals surface area (Å²) in [5.74, 6) is 1.48. The number of carbonyl (C=O) groups is 2. The standard InChI is InChI=1S/C25H32N2O5/c1-18-6-3-4-7-23(18)31-17-5-8-24(29)27-15-13-20(14-16-27)26-25(30)19(2)32-22-11-9-21(28)10-12-22/h3-4,6-7,9-12,19-20,28H,5,8,13-17H2,1-2H3,(H,26,30). The molecule has 32 heavy (non-hydrogen) atoms. The molecule has 0 aromatic heterocycles. The van der Waals surface area contributed by atoms with Crippen LogP contribution in [0.5, 0.6) is 17.2 Å². The highest BCUT2D eigenvalue weighted by molar-refractivity contribution is 5.81. The van der Waals surface area contributed by atoms with E-state index in [-0.39, 0.29) is 23.6 Å². The van der Waals surface area contributed by atoms with Crippen LogP contribution >= 0.6 is 0 Å². The van der Waals surface area contributed by atoms with Crippen LogP contribution in [0.25, 0.3) is 0 Å². The molecular formula is C25H32N2O5. The molecule has 0 bridgehead atoms. The van der Waals surface area contributed by atoms with Crippen LogP contribution in [0.3, 0.4) is 0 Å². The van der Waals surface area contributed by atoms with Crippen LogP contribution in [0.4, 0.5) is 0 Å². The number of phenols is 1. The number of carbonyl (C=O) groups excluding carboxylic acids is 2. The van der Waals surface area contributed by atoms with Gasteiger partial charge < -0.3 is 24.8 Å². The molecule has 1 saturated heterocycles. The van der Waals surface area contributed by atoms with Gasteiger partial charge in [0.1, 0.15) is 17.2 Å². The number of nitrogens with one attached hydrogen (secondary N) is 1. The van der Waals surface area contributed by atoms with Crippen molar-refractivity contribution in [3.63, 3.8) is 0 Å². The zero-order valence-electron chi connectivity index (χ0n) is 18.8. The highest BCUT2D eigenvalue weighted by Crippen LogP contribution is 2.19. The summed E-state index contributed by atoms with van der Waals surface area (Å²) in [6.45, 7) is 5.48. The summed E-state index contributed by atoms with van der Waals surface area (Å²) in [7, 11) is 0. The Bertz CT molecular complexity index is 891. The Morgan fingerprint density at radius 3 is 2.50 bits per heavy atom. The molecule has 1 fully saturated rings. The Morgan fingerprint density at radius 2 is 1.81 bits per heavy atom. The topological polar surface area (TPSA) is 88.1 Å². The molecule has 172 valence electrons. The van der Waals surface area contributed by atoms with Gasteiger partial charge in [0.05, 0.1) is 6.61 Å². The minimum Gasteiger partial charge on any atom is -0.508 e. The highest BCUT2D eigenvalue weighted by atomic mass is 16.5. The van der Waals surface area contributed by atoms with Crippen LogP contribution in [-0.4, -0.2) is 53.7 Å². The van der Waals surface area contributed by atoms with Gasteiger partial charge in [-0.25, -0.2) is 0 Å². The van der Waals surface area contributed by atoms with Crippen molar-refractivity contribution in [3.05, 3.63) is 54.1 Å². The third-order valence-electron chi connectivity index (χ3n) is 5.60. The molecule has 1 aliphatic heterocycles. The van der Waals surface area contributed by atoms with E-state index in [1.807, 2.05) is 36.1 Å². The molecule has 1 heterocycles. The summed E-state index contributed by atoms with van der Waals surface area (Å²) in [5, 5.41) is 12.3. The van der Waals surface area contributed by atoms with Gasteiger partial charge in [-0.05, 0) is 69.0 Å². The van der Waals surface area contributed by atoms with Crippen LogP contribution < -0.4 is 14.8 Å². The molecule has 2 N–H and O–H groups in total. The number of para-hydroxylation sites is 1. The Balaban J connectivity index is 1.33. The first kappa shape index (κ1) is 23.4. The maximum Gasteiger partial charge on any atom is 0.260 e. The first-order valence-corrected chi connectivity index (χ1v) is 11.1. The lowest BCUT2D eigenvalue weighted by Gasteiger charge is -2.33. The number of phenolic OH excluding ortho intramolecular Hbond substituents is 1. The summed E-state index contributed by atoms with van der Waals surface area (Å²) in [6, 6.07) is 14.2. The van der Waals surface area contributed by atoms with Crippen LogP contribution in [0.2, 0.25) is 0 Å². The number of amides is 2. The quantitative estimate of drug-likeness (QED) is 0.583. The Hall–Kier alpha value is -3.22. The molecule has 3 rings (SSSR count). The molecule has 0 saturated carbocycles. The molecule has 0 spiro atoms. The zero-order valence-corrected chi connectivity index (χ0v) is 18.8. The monoisotopic (exact) mass is 440 g/mol. The lowest BCUT2D eigenvalue weighted by atomic mass is 10.0. The SMILES string of the molecule is Cc1ccccc1OCCCC(=O)N1CCC(NC(=O)C(C)Oc2ccc(O)cc2)CC1. The number of likely N-dealkylation sites (tertiary alicyclic amines) is 1. The lowest BCUT2D eigenvalue weighted by molar-refractivity contribution is -0.133. The molecule has 2 aromatic carbocycles. The Kier molecular flexibility index (Phi) is 8.36. The fourth-order valence-corrected chi connectivity index (χ4v) is 3.66. The second kappa shape index (κ2) is 11.4. The third kappa shape index (κ3) is 6.90. The zero-order chi connectivity index (χ0) is 22.9. The van der Waals surface area contributed by atoms with Gasteiger partial charge in [-0.3, -0.25) is 9.59 Å². The van der Waals surface area contributed by atoms with E-state index >= 15 is 0 Å². The summed E-state index contributed by atoms with van der Waals surface area (Å²) in [5.41, 5.74) is 1.09. The van der Waals surface area contributed by atoms with Crippen molar-refractivity contribution in [2.45, 2.75) is 51.7 Å². The first-order chi connectivity index (χ1) is 15.4. The highest BCUT2D eigenvalue weighted by Gasteiger charge is 2.25. The number of hydrogen-bond donors (Lipinski definition) is 2. The van der Waals surface area contributed by atoms with E-state index in [4.69, 9.17) is 9.47 Å². The number of piperidine rings is 1. The number of ether oxygens (including phenoxy) is 2. The van der Waals surface area contributed by atoms with Crippen molar-refractivity contribution in [2.75, 3.05) is 19.7 Å². The van der Waals surface area contributed by atoms with E-state index < -0.39 is 6.10 Å². The van der Waals surface area contributed by atoms with E-state index in [2.05, 4.69) is 5.32 Å². The van der Waals surface area contributed by atoms with Crippen molar-refractivity contribution in [1.29, 1.82) is 0 Å². The first-order valence-electron chi connectivity index (χ1n) is 11.1. The van der Waals surface area contributed by atoms with Gasteiger partial charge in [-0.2, -0.15) is 0 Å². The molecule has 1 aliphatic rings. The number of aryl methyl sites for hydroxylation is 1. The van der Waals surface area contributed by atoms with Gasteiger partial charge >= 0.3 is 0 Å². The van der Waals surface area contributed by atoms with Gasteiger partial charge in [0.25, 0.3) is 5.91 Å². The third-order valence-corrected chi connectivity index (χ3v) is 5.60. The van der Waals surface area contributed by atoms with E-state index in [9.17, 15) is 14.7 Å². The second-order valence-corrected chi connectivity index (χ2v) is 8.14. The molecule has 1 atom stereocenters. The van der Waals surface area contributed by atoms with Crippen LogP contribution in [0.15, 0.2) is 48.5 Å². The van der Waals surface area contributed by atoms with Crippen molar-refractivity contribution < 1.29 is 24.2 Å². The van der Waals surface area contributed by atoms with Crippen LogP contribution in [0, 0.1) is 6.92 Å². The molecule has 0 radical (unpaired) electrons. The molecule has 7 nitrogen and oxygen atoms in total. The van der Waals surface area contributed by atoms with Gasteiger partial charge in [-0.1, -0.05) is 18.2 Å². The normalized spacial score (nSPS) is 15.1. The summed E-state index contributed by atoms with van der Waals surface area (Å²) in [6.07, 6.45) is 1.94. The molecular weight excluding hydrogens is 408 g/mol. The fraction of sp³-hybridized carbons (Fsp3) is 0.440. The van der Waals surface area contributed by atoms with Crippen molar-refractivity contribution in [1.82, 2.24) is 10.2 Å². The predicted molar refractivity (Wildman–Crippen MR) is 122 cm³/mol. The number of rotatable bonds is 9. The van der Waals surface area contributed by atoms with Crippen molar-refractivity contribution >= 4 is 11.8 Å². The minimum absolute atomic E-state index is 0.0295. The molecule has 2 amide bonds. The van der Waals surface area contributed by atoms with E-state index in [1.54, 1.807) is 19.1 Å². The Labute approximate surface area is 189 Å². The Morgan fingerprint density at radius 1 is 1.12 bits per heavy atom. The molecule has 0 aliphatic carbocycles. The predicted octanol–water partition coefficient (Wildman–Crippen LogP) is 3.43. The van der Waals surface area contributed by atoms with E-state index in [0.29, 0.717) is 38.3 Å². The molecule has 1 unspecified atom stereocenters. The van der Waals surface area contributed by atoms with Crippen molar-refractivity contribution in [2.24, 2.45) is 0 Å². The number of benzene rings is 2. The number of hydrogen-bond acceptors (Lipinski definition) is 5. The number of nitrogens with zero attached hydrogens (tertiary/aromatic N) is 1. The smallest absolute Gasteiger partial charge is 0.260 e. The van der Waals surface area contributed by atoms with Gasteiger partial charge in [0, 0.05) is 25.6 Å². The summed E-state index contributed by atoms with van der Waals surface area (Å²) < 4.78 is 11.4. The van der Waals surface area contributed by atoms with Crippen LogP contribution in [-0.2, 0) is 9.59 Å². The van der Waals surface area contributed by atoms with E-state index in [0.717, 1.165) is 24.2 Å². The number of aromatic hydroxyl groups is 1. The molecule has 7 heteroatoms. The summed E-state index contributed by atoms with van der Waals surface area (Å²) >= 11 is 0. The maximum absolute atomic E-state index is 12.5. The fourth-order valence-electron chi connectivity index (χ4n) is 3.66. The van der Waals surface area contributed by atoms with E-state index in [1.165, 1.54) is 12.1 Å². The minimum atomic E-state index is -0.646. The lowest BCUT2D eigenvalue weighted by Crippen LogP contribution is -2.49. The average Bonchev–Trinajstić information content (AvgIpc) is 2.79. The second-order valence-electron chi connectivity index (χ2n) is 8.14. The largest absolute Gasteiger partial charge is 0.508 e. The van der Waals surface area contributed by atoms with Gasteiger partial charge in [0.2, 0.25) is 5.91 Å². The van der Waals surface area contributed by atoms with Gasteiger partial charge in [-0.15, -0.1) is 0 Å². The van der Waals surface area contributed by atoms with Crippen molar-refractivity contribution in [3.8, 4) is 17.2 Å². The summed E-state index contributed by atoms with van der Waals surface area (Å²) in [4.78, 5) is 26.8. The van der Waals surface area contributed by atoms with Crippen LogP contribution in [0.1, 0.15) is 38.2 Å². The average molecular weight is 441 g/mol.